The predicted molar refractivity (Wildman–Crippen MR) is 152 cm³/mol. The molecule has 4 rings (SSSR count). The summed E-state index contributed by atoms with van der Waals surface area (Å²) in [5.41, 5.74) is 3.94. The fourth-order valence-electron chi connectivity index (χ4n) is 4.57. The monoisotopic (exact) mass is 521 g/mol. The van der Waals surface area contributed by atoms with Gasteiger partial charge in [-0.05, 0) is 61.6 Å². The fourth-order valence-corrected chi connectivity index (χ4v) is 4.57. The average Bonchev–Trinajstić information content (AvgIpc) is 3.41. The number of ether oxygens (including phenoxy) is 1. The van der Waals surface area contributed by atoms with E-state index in [0.29, 0.717) is 17.1 Å². The topological polar surface area (TPSA) is 92.8 Å². The molecule has 1 N–H and O–H groups in total. The Morgan fingerprint density at radius 3 is 2.41 bits per heavy atom. The number of aromatic nitrogens is 3. The molecule has 2 unspecified atom stereocenters. The fraction of sp³-hybridized carbons (Fsp3) is 0.312. The summed E-state index contributed by atoms with van der Waals surface area (Å²) in [5, 5.41) is 16.1. The predicted octanol–water partition coefficient (Wildman–Crippen LogP) is 6.74. The van der Waals surface area contributed by atoms with Gasteiger partial charge < -0.3 is 10.1 Å². The van der Waals surface area contributed by atoms with Crippen molar-refractivity contribution in [3.63, 3.8) is 0 Å². The molecule has 1 amide bonds. The van der Waals surface area contributed by atoms with Crippen molar-refractivity contribution in [2.24, 2.45) is 7.05 Å². The molecule has 0 aliphatic carbocycles. The lowest BCUT2D eigenvalue weighted by molar-refractivity contribution is -0.117. The number of nitrogens with one attached hydrogen (secondary N) is 1. The van der Waals surface area contributed by atoms with Crippen molar-refractivity contribution in [1.29, 1.82) is 5.26 Å². The number of nitriles is 1. The summed E-state index contributed by atoms with van der Waals surface area (Å²) >= 11 is 0. The largest absolute Gasteiger partial charge is 0.484 e. The number of amides is 1. The zero-order valence-corrected chi connectivity index (χ0v) is 22.6. The number of unbranched alkanes of at least 4 members (excludes halogenated alkanes) is 3. The lowest BCUT2D eigenvalue weighted by Gasteiger charge is -2.17. The molecule has 0 aliphatic rings. The number of hydrogen-bond acceptors (Lipinski definition) is 5. The summed E-state index contributed by atoms with van der Waals surface area (Å²) in [4.78, 5) is 17.7. The van der Waals surface area contributed by atoms with E-state index in [-0.39, 0.29) is 17.9 Å². The Morgan fingerprint density at radius 2 is 1.74 bits per heavy atom. The van der Waals surface area contributed by atoms with Crippen LogP contribution in [0.15, 0.2) is 85.3 Å². The molecule has 2 aromatic heterocycles. The molecule has 7 nitrogen and oxygen atoms in total. The summed E-state index contributed by atoms with van der Waals surface area (Å²) in [6.45, 7) is 1.96. The average molecular weight is 522 g/mol. The number of carbonyl (C=O) groups is 1. The summed E-state index contributed by atoms with van der Waals surface area (Å²) < 4.78 is 7.72. The third-order valence-corrected chi connectivity index (χ3v) is 6.80. The van der Waals surface area contributed by atoms with Gasteiger partial charge in [0.25, 0.3) is 0 Å². The van der Waals surface area contributed by atoms with E-state index >= 15 is 0 Å². The summed E-state index contributed by atoms with van der Waals surface area (Å²) in [6.07, 6.45) is 11.2. The van der Waals surface area contributed by atoms with Gasteiger partial charge in [-0.25, -0.2) is 4.98 Å². The van der Waals surface area contributed by atoms with Crippen LogP contribution >= 0.6 is 0 Å². The minimum atomic E-state index is -0.243. The van der Waals surface area contributed by atoms with E-state index in [9.17, 15) is 4.79 Å². The summed E-state index contributed by atoms with van der Waals surface area (Å²) in [6, 6.07) is 23.5. The minimum absolute atomic E-state index is 0.0521. The van der Waals surface area contributed by atoms with Gasteiger partial charge in [0.1, 0.15) is 17.7 Å². The highest BCUT2D eigenvalue weighted by Gasteiger charge is 2.21. The van der Waals surface area contributed by atoms with E-state index in [0.717, 1.165) is 49.7 Å². The van der Waals surface area contributed by atoms with E-state index in [1.54, 1.807) is 23.1 Å². The summed E-state index contributed by atoms with van der Waals surface area (Å²) in [7, 11) is 1.87. The maximum Gasteiger partial charge on any atom is 0.233 e. The van der Waals surface area contributed by atoms with Gasteiger partial charge in [-0.1, -0.05) is 61.7 Å². The zero-order chi connectivity index (χ0) is 27.5. The van der Waals surface area contributed by atoms with Crippen molar-refractivity contribution in [3.05, 3.63) is 108 Å². The SMILES string of the molecule is CC(Oc1ccc(NC(=O)C(CCCCCCc2ccc(C#N)cc2)c2ccccc2)nc1)c1cnn(C)c1. The smallest absolute Gasteiger partial charge is 0.233 e. The Hall–Kier alpha value is -4.44. The van der Waals surface area contributed by atoms with Crippen LogP contribution in [0.1, 0.15) is 73.3 Å². The molecule has 7 heteroatoms. The van der Waals surface area contributed by atoms with Gasteiger partial charge in [-0.3, -0.25) is 9.48 Å². The first-order valence-corrected chi connectivity index (χ1v) is 13.5. The van der Waals surface area contributed by atoms with Gasteiger partial charge in [-0.2, -0.15) is 10.4 Å². The van der Waals surface area contributed by atoms with E-state index in [1.165, 1.54) is 5.56 Å². The molecular weight excluding hydrogens is 486 g/mol. The Balaban J connectivity index is 1.27. The second kappa shape index (κ2) is 13.9. The second-order valence-corrected chi connectivity index (χ2v) is 9.80. The Kier molecular flexibility index (Phi) is 9.85. The van der Waals surface area contributed by atoms with Crippen LogP contribution in [0.5, 0.6) is 5.75 Å². The number of carbonyl (C=O) groups excluding carboxylic acids is 1. The van der Waals surface area contributed by atoms with Crippen LogP contribution in [0.4, 0.5) is 5.82 Å². The number of hydrogen-bond donors (Lipinski definition) is 1. The number of benzene rings is 2. The van der Waals surface area contributed by atoms with Crippen LogP contribution in [0.3, 0.4) is 0 Å². The molecule has 200 valence electrons. The van der Waals surface area contributed by atoms with Gasteiger partial charge in [0, 0.05) is 18.8 Å². The van der Waals surface area contributed by atoms with Crippen LogP contribution in [0.2, 0.25) is 0 Å². The number of aryl methyl sites for hydroxylation is 2. The number of rotatable bonds is 13. The standard InChI is InChI=1S/C32H35N5O2/c1-24(28-21-35-37(2)23-28)39-29-18-19-31(34-22-29)36-32(38)30(27-11-7-5-8-12-27)13-9-4-3-6-10-25-14-16-26(20-33)17-15-25/h5,7-8,11-12,14-19,21-24,30H,3-4,6,9-10,13H2,1-2H3,(H,34,36,38). The van der Waals surface area contributed by atoms with Crippen LogP contribution in [0.25, 0.3) is 0 Å². The highest BCUT2D eigenvalue weighted by atomic mass is 16.5. The molecule has 4 aromatic rings. The molecule has 2 atom stereocenters. The Labute approximate surface area is 230 Å². The van der Waals surface area contributed by atoms with Gasteiger partial charge in [0.05, 0.1) is 29.9 Å². The molecule has 0 spiro atoms. The van der Waals surface area contributed by atoms with E-state index in [2.05, 4.69) is 21.5 Å². The van der Waals surface area contributed by atoms with Crippen molar-refractivity contribution in [1.82, 2.24) is 14.8 Å². The van der Waals surface area contributed by atoms with Crippen molar-refractivity contribution < 1.29 is 9.53 Å². The van der Waals surface area contributed by atoms with Gasteiger partial charge >= 0.3 is 0 Å². The third kappa shape index (κ3) is 8.27. The molecule has 2 heterocycles. The Morgan fingerprint density at radius 1 is 0.974 bits per heavy atom. The molecule has 0 radical (unpaired) electrons. The van der Waals surface area contributed by atoms with E-state index < -0.39 is 0 Å². The molecule has 0 fully saturated rings. The van der Waals surface area contributed by atoms with Crippen LogP contribution in [0, 0.1) is 11.3 Å². The lowest BCUT2D eigenvalue weighted by Crippen LogP contribution is -2.22. The molecule has 0 saturated carbocycles. The van der Waals surface area contributed by atoms with Gasteiger partial charge in [0.15, 0.2) is 0 Å². The van der Waals surface area contributed by atoms with Crippen LogP contribution in [-0.4, -0.2) is 20.7 Å². The first-order valence-electron chi connectivity index (χ1n) is 13.5. The molecule has 2 aromatic carbocycles. The maximum absolute atomic E-state index is 13.3. The molecule has 0 bridgehead atoms. The van der Waals surface area contributed by atoms with Crippen molar-refractivity contribution in [2.75, 3.05) is 5.32 Å². The van der Waals surface area contributed by atoms with Crippen LogP contribution in [-0.2, 0) is 18.3 Å². The number of nitrogens with zero attached hydrogens (tertiary/aromatic N) is 4. The zero-order valence-electron chi connectivity index (χ0n) is 22.6. The van der Waals surface area contributed by atoms with Gasteiger partial charge in [-0.15, -0.1) is 0 Å². The minimum Gasteiger partial charge on any atom is -0.484 e. The van der Waals surface area contributed by atoms with Crippen LogP contribution < -0.4 is 10.1 Å². The molecular formula is C32H35N5O2. The van der Waals surface area contributed by atoms with Gasteiger partial charge in [0.2, 0.25) is 5.91 Å². The highest BCUT2D eigenvalue weighted by molar-refractivity contribution is 5.95. The molecule has 0 saturated heterocycles. The quantitative estimate of drug-likeness (QED) is 0.197. The van der Waals surface area contributed by atoms with E-state index in [4.69, 9.17) is 10.00 Å². The first-order chi connectivity index (χ1) is 19.0. The van der Waals surface area contributed by atoms with Crippen molar-refractivity contribution >= 4 is 11.7 Å². The van der Waals surface area contributed by atoms with Crippen molar-refractivity contribution in [2.45, 2.75) is 57.5 Å². The van der Waals surface area contributed by atoms with E-state index in [1.807, 2.05) is 80.8 Å². The normalized spacial score (nSPS) is 12.3. The third-order valence-electron chi connectivity index (χ3n) is 6.80. The molecule has 0 aliphatic heterocycles. The maximum atomic E-state index is 13.3. The van der Waals surface area contributed by atoms with Crippen molar-refractivity contribution in [3.8, 4) is 11.8 Å². The number of pyridine rings is 1. The highest BCUT2D eigenvalue weighted by Crippen LogP contribution is 2.26. The number of anilines is 1. The second-order valence-electron chi connectivity index (χ2n) is 9.80. The first kappa shape index (κ1) is 27.6. The lowest BCUT2D eigenvalue weighted by atomic mass is 9.92. The Bertz CT molecular complexity index is 1360. The molecule has 39 heavy (non-hydrogen) atoms. The summed E-state index contributed by atoms with van der Waals surface area (Å²) in [5.74, 6) is 0.839.